The van der Waals surface area contributed by atoms with Crippen molar-refractivity contribution in [3.63, 3.8) is 0 Å². The van der Waals surface area contributed by atoms with Crippen LogP contribution < -0.4 is 11.1 Å². The fourth-order valence-corrected chi connectivity index (χ4v) is 4.47. The summed E-state index contributed by atoms with van der Waals surface area (Å²) in [5.74, 6) is -0.749. The Morgan fingerprint density at radius 3 is 2.78 bits per heavy atom. The summed E-state index contributed by atoms with van der Waals surface area (Å²) >= 11 is 0. The number of fused-ring (bicyclic) bond motifs is 1. The average Bonchev–Trinajstić information content (AvgIpc) is 2.98. The lowest BCUT2D eigenvalue weighted by Gasteiger charge is -2.35. The third kappa shape index (κ3) is 3.49. The van der Waals surface area contributed by atoms with Gasteiger partial charge in [-0.1, -0.05) is 18.6 Å². The van der Waals surface area contributed by atoms with Crippen LogP contribution in [0.3, 0.4) is 0 Å². The first-order chi connectivity index (χ1) is 13.1. The van der Waals surface area contributed by atoms with Crippen molar-refractivity contribution in [2.24, 2.45) is 5.73 Å². The van der Waals surface area contributed by atoms with Gasteiger partial charge < -0.3 is 10.6 Å². The smallest absolute Gasteiger partial charge is 0.255 e. The van der Waals surface area contributed by atoms with E-state index in [4.69, 9.17) is 5.73 Å². The summed E-state index contributed by atoms with van der Waals surface area (Å²) in [4.78, 5) is 40.4. The minimum absolute atomic E-state index is 0.115. The van der Waals surface area contributed by atoms with Crippen molar-refractivity contribution in [2.45, 2.75) is 57.3 Å². The van der Waals surface area contributed by atoms with Gasteiger partial charge in [0.15, 0.2) is 0 Å². The summed E-state index contributed by atoms with van der Waals surface area (Å²) in [5.41, 5.74) is 8.65. The molecular formula is C20H26N4O3. The number of carbonyl (C=O) groups excluding carboxylic acids is 3. The van der Waals surface area contributed by atoms with E-state index in [1.165, 1.54) is 12.8 Å². The third-order valence-corrected chi connectivity index (χ3v) is 6.00. The van der Waals surface area contributed by atoms with Crippen LogP contribution >= 0.6 is 0 Å². The van der Waals surface area contributed by atoms with E-state index < -0.39 is 6.04 Å². The number of nitrogens with one attached hydrogen (secondary N) is 1. The Balaban J connectivity index is 1.49. The molecule has 7 nitrogen and oxygen atoms in total. The molecule has 4 rings (SSSR count). The van der Waals surface area contributed by atoms with E-state index in [1.54, 1.807) is 4.90 Å². The Bertz CT molecular complexity index is 778. The molecule has 0 radical (unpaired) electrons. The molecule has 0 aromatic heterocycles. The predicted molar refractivity (Wildman–Crippen MR) is 99.6 cm³/mol. The van der Waals surface area contributed by atoms with Crippen LogP contribution in [-0.2, 0) is 22.7 Å². The predicted octanol–water partition coefficient (Wildman–Crippen LogP) is 0.761. The van der Waals surface area contributed by atoms with Gasteiger partial charge in [-0.05, 0) is 43.0 Å². The highest BCUT2D eigenvalue weighted by Gasteiger charge is 2.39. The maximum atomic E-state index is 12.9. The molecule has 2 saturated heterocycles. The monoisotopic (exact) mass is 370 g/mol. The van der Waals surface area contributed by atoms with Crippen LogP contribution in [0.15, 0.2) is 18.2 Å². The maximum absolute atomic E-state index is 12.9. The number of piperidine rings is 2. The summed E-state index contributed by atoms with van der Waals surface area (Å²) in [7, 11) is 0. The van der Waals surface area contributed by atoms with Crippen molar-refractivity contribution in [3.8, 4) is 0 Å². The van der Waals surface area contributed by atoms with Crippen LogP contribution in [0, 0.1) is 0 Å². The zero-order valence-electron chi connectivity index (χ0n) is 15.4. The molecule has 1 aromatic rings. The summed E-state index contributed by atoms with van der Waals surface area (Å²) in [6, 6.07) is 5.88. The zero-order chi connectivity index (χ0) is 19.0. The van der Waals surface area contributed by atoms with Crippen LogP contribution in [-0.4, -0.2) is 52.7 Å². The Labute approximate surface area is 158 Å². The number of likely N-dealkylation sites (tertiary alicyclic amines) is 1. The molecule has 3 amide bonds. The van der Waals surface area contributed by atoms with Gasteiger partial charge in [-0.15, -0.1) is 0 Å². The molecule has 2 atom stereocenters. The number of nitrogens with zero attached hydrogens (tertiary/aromatic N) is 2. The molecule has 3 N–H and O–H groups in total. The van der Waals surface area contributed by atoms with Crippen molar-refractivity contribution >= 4 is 17.7 Å². The number of hydrogen-bond acceptors (Lipinski definition) is 5. The molecule has 2 unspecified atom stereocenters. The largest absolute Gasteiger partial charge is 0.329 e. The lowest BCUT2D eigenvalue weighted by molar-refractivity contribution is -0.136. The van der Waals surface area contributed by atoms with Gasteiger partial charge in [-0.2, -0.15) is 0 Å². The lowest BCUT2D eigenvalue weighted by atomic mass is 10.00. The van der Waals surface area contributed by atoms with E-state index in [0.29, 0.717) is 31.1 Å². The second-order valence-electron chi connectivity index (χ2n) is 7.75. The van der Waals surface area contributed by atoms with Crippen molar-refractivity contribution in [3.05, 3.63) is 34.9 Å². The standard InChI is InChI=1S/C20H26N4O3/c21-10-15-3-1-2-8-23(15)11-13-4-5-14-12-24(20(27)16(14)9-13)17-6-7-18(25)22-19(17)26/h4-5,9,15,17H,1-3,6-8,10-12,21H2,(H,22,25,26). The molecule has 0 saturated carbocycles. The SMILES string of the molecule is NCC1CCCCN1Cc1ccc2c(c1)C(=O)N(C1CCC(=O)NC1=O)C2. The summed E-state index contributed by atoms with van der Waals surface area (Å²) < 4.78 is 0. The molecule has 7 heteroatoms. The highest BCUT2D eigenvalue weighted by Crippen LogP contribution is 2.29. The van der Waals surface area contributed by atoms with Crippen LogP contribution in [0.1, 0.15) is 53.6 Å². The Morgan fingerprint density at radius 2 is 2.00 bits per heavy atom. The van der Waals surface area contributed by atoms with Crippen LogP contribution in [0.5, 0.6) is 0 Å². The van der Waals surface area contributed by atoms with Gasteiger partial charge in [-0.3, -0.25) is 24.6 Å². The summed E-state index contributed by atoms with van der Waals surface area (Å²) in [6.07, 6.45) is 4.20. The maximum Gasteiger partial charge on any atom is 0.255 e. The minimum atomic E-state index is -0.560. The Morgan fingerprint density at radius 1 is 1.15 bits per heavy atom. The van der Waals surface area contributed by atoms with Gasteiger partial charge >= 0.3 is 0 Å². The number of amides is 3. The van der Waals surface area contributed by atoms with Crippen molar-refractivity contribution in [1.82, 2.24) is 15.1 Å². The van der Waals surface area contributed by atoms with Crippen LogP contribution in [0.2, 0.25) is 0 Å². The lowest BCUT2D eigenvalue weighted by Crippen LogP contribution is -2.52. The second-order valence-corrected chi connectivity index (χ2v) is 7.75. The molecule has 27 heavy (non-hydrogen) atoms. The van der Waals surface area contributed by atoms with E-state index in [0.717, 1.165) is 30.6 Å². The van der Waals surface area contributed by atoms with Gasteiger partial charge in [0, 0.05) is 37.7 Å². The van der Waals surface area contributed by atoms with E-state index in [-0.39, 0.29) is 24.1 Å². The number of rotatable bonds is 4. The van der Waals surface area contributed by atoms with Gasteiger partial charge in [0.25, 0.3) is 5.91 Å². The molecule has 3 aliphatic rings. The zero-order valence-corrected chi connectivity index (χ0v) is 15.4. The number of nitrogens with two attached hydrogens (primary N) is 1. The van der Waals surface area contributed by atoms with Crippen molar-refractivity contribution in [2.75, 3.05) is 13.1 Å². The van der Waals surface area contributed by atoms with Crippen LogP contribution in [0.4, 0.5) is 0 Å². The fraction of sp³-hybridized carbons (Fsp3) is 0.550. The molecule has 3 aliphatic heterocycles. The van der Waals surface area contributed by atoms with E-state index in [2.05, 4.69) is 16.3 Å². The third-order valence-electron chi connectivity index (χ3n) is 6.00. The number of imide groups is 1. The number of benzene rings is 1. The molecule has 3 heterocycles. The molecular weight excluding hydrogens is 344 g/mol. The number of hydrogen-bond donors (Lipinski definition) is 2. The van der Waals surface area contributed by atoms with Gasteiger partial charge in [0.1, 0.15) is 6.04 Å². The van der Waals surface area contributed by atoms with E-state index in [9.17, 15) is 14.4 Å². The molecule has 2 fully saturated rings. The molecule has 1 aromatic carbocycles. The fourth-order valence-electron chi connectivity index (χ4n) is 4.47. The van der Waals surface area contributed by atoms with Crippen molar-refractivity contribution in [1.29, 1.82) is 0 Å². The first-order valence-corrected chi connectivity index (χ1v) is 9.77. The summed E-state index contributed by atoms with van der Waals surface area (Å²) in [5, 5.41) is 2.34. The van der Waals surface area contributed by atoms with Gasteiger partial charge in [0.05, 0.1) is 0 Å². The average molecular weight is 370 g/mol. The van der Waals surface area contributed by atoms with Gasteiger partial charge in [0.2, 0.25) is 11.8 Å². The minimum Gasteiger partial charge on any atom is -0.329 e. The first-order valence-electron chi connectivity index (χ1n) is 9.77. The molecule has 0 aliphatic carbocycles. The quantitative estimate of drug-likeness (QED) is 0.763. The normalized spacial score (nSPS) is 26.3. The van der Waals surface area contributed by atoms with Gasteiger partial charge in [-0.25, -0.2) is 0 Å². The van der Waals surface area contributed by atoms with Crippen molar-refractivity contribution < 1.29 is 14.4 Å². The highest BCUT2D eigenvalue weighted by molar-refractivity contribution is 6.05. The first kappa shape index (κ1) is 18.1. The van der Waals surface area contributed by atoms with E-state index in [1.807, 2.05) is 12.1 Å². The Hall–Kier alpha value is -2.25. The highest BCUT2D eigenvalue weighted by atomic mass is 16.2. The summed E-state index contributed by atoms with van der Waals surface area (Å²) in [6.45, 7) is 2.92. The molecule has 0 bridgehead atoms. The van der Waals surface area contributed by atoms with Crippen LogP contribution in [0.25, 0.3) is 0 Å². The second kappa shape index (κ2) is 7.40. The van der Waals surface area contributed by atoms with E-state index >= 15 is 0 Å². The number of carbonyl (C=O) groups is 3. The topological polar surface area (TPSA) is 95.7 Å². The molecule has 144 valence electrons. The Kier molecular flexibility index (Phi) is 4.97. The molecule has 0 spiro atoms.